The molecule has 0 atom stereocenters. The molecule has 0 aliphatic carbocycles. The van der Waals surface area contributed by atoms with Crippen LogP contribution in [0.4, 0.5) is 8.78 Å². The molecular formula is C9H9F2N3. The number of halogens is 2. The van der Waals surface area contributed by atoms with E-state index in [0.29, 0.717) is 5.69 Å². The van der Waals surface area contributed by atoms with Gasteiger partial charge < -0.3 is 5.73 Å². The molecule has 0 unspecified atom stereocenters. The van der Waals surface area contributed by atoms with Crippen molar-refractivity contribution in [2.75, 3.05) is 0 Å². The fraction of sp³-hybridized carbons (Fsp3) is 0.333. The Labute approximate surface area is 80.2 Å². The molecule has 0 aromatic carbocycles. The number of aryl methyl sites for hydroxylation is 1. The van der Waals surface area contributed by atoms with Crippen molar-refractivity contribution < 1.29 is 8.78 Å². The van der Waals surface area contributed by atoms with Crippen LogP contribution in [0.5, 0.6) is 0 Å². The smallest absolute Gasteiger partial charge is 0.266 e. The molecule has 0 saturated heterocycles. The Morgan fingerprint density at radius 1 is 1.64 bits per heavy atom. The summed E-state index contributed by atoms with van der Waals surface area (Å²) in [6.07, 6.45) is -2.71. The van der Waals surface area contributed by atoms with E-state index in [1.165, 1.54) is 6.07 Å². The summed E-state index contributed by atoms with van der Waals surface area (Å²) >= 11 is 0. The Kier molecular flexibility index (Phi) is 3.10. The van der Waals surface area contributed by atoms with Gasteiger partial charge in [-0.15, -0.1) is 0 Å². The summed E-state index contributed by atoms with van der Waals surface area (Å²) in [6.45, 7) is 1.55. The van der Waals surface area contributed by atoms with Crippen molar-refractivity contribution in [1.29, 1.82) is 5.26 Å². The standard InChI is InChI=1S/C9H9F2N3/c1-5-2-6(3-12)8(9(10)11)7(4-13)14-5/h2,9H,4,13H2,1H3. The van der Waals surface area contributed by atoms with Crippen molar-refractivity contribution in [3.8, 4) is 6.07 Å². The number of hydrogen-bond acceptors (Lipinski definition) is 3. The molecule has 3 nitrogen and oxygen atoms in total. The van der Waals surface area contributed by atoms with Gasteiger partial charge in [0.2, 0.25) is 0 Å². The van der Waals surface area contributed by atoms with Crippen LogP contribution in [0.25, 0.3) is 0 Å². The second-order valence-electron chi connectivity index (χ2n) is 2.79. The van der Waals surface area contributed by atoms with Gasteiger partial charge in [0.15, 0.2) is 0 Å². The minimum Gasteiger partial charge on any atom is -0.325 e. The van der Waals surface area contributed by atoms with Gasteiger partial charge in [0.1, 0.15) is 0 Å². The number of aromatic nitrogens is 1. The van der Waals surface area contributed by atoms with Gasteiger partial charge >= 0.3 is 0 Å². The lowest BCUT2D eigenvalue weighted by Crippen LogP contribution is -2.08. The Morgan fingerprint density at radius 2 is 2.29 bits per heavy atom. The van der Waals surface area contributed by atoms with Gasteiger partial charge in [-0.1, -0.05) is 0 Å². The number of hydrogen-bond donors (Lipinski definition) is 1. The molecule has 1 aromatic rings. The highest BCUT2D eigenvalue weighted by Crippen LogP contribution is 2.25. The van der Waals surface area contributed by atoms with E-state index in [2.05, 4.69) is 4.98 Å². The number of nitrogens with two attached hydrogens (primary N) is 1. The number of rotatable bonds is 2. The first kappa shape index (κ1) is 10.5. The van der Waals surface area contributed by atoms with Gasteiger partial charge in [-0.2, -0.15) is 5.26 Å². The van der Waals surface area contributed by atoms with Crippen LogP contribution in [0.15, 0.2) is 6.07 Å². The van der Waals surface area contributed by atoms with Crippen LogP contribution in [0.1, 0.15) is 28.9 Å². The largest absolute Gasteiger partial charge is 0.325 e. The molecule has 0 bridgehead atoms. The molecule has 0 fully saturated rings. The van der Waals surface area contributed by atoms with Crippen LogP contribution < -0.4 is 5.73 Å². The van der Waals surface area contributed by atoms with E-state index < -0.39 is 6.43 Å². The number of pyridine rings is 1. The van der Waals surface area contributed by atoms with Gasteiger partial charge in [0.25, 0.3) is 6.43 Å². The molecule has 0 saturated carbocycles. The molecule has 1 aromatic heterocycles. The molecule has 1 heterocycles. The van der Waals surface area contributed by atoms with E-state index in [4.69, 9.17) is 11.0 Å². The summed E-state index contributed by atoms with van der Waals surface area (Å²) in [5, 5.41) is 8.66. The quantitative estimate of drug-likeness (QED) is 0.784. The maximum absolute atomic E-state index is 12.5. The highest BCUT2D eigenvalue weighted by atomic mass is 19.3. The van der Waals surface area contributed by atoms with Crippen LogP contribution in [0, 0.1) is 18.3 Å². The normalized spacial score (nSPS) is 10.3. The van der Waals surface area contributed by atoms with Gasteiger partial charge in [-0.3, -0.25) is 4.98 Å². The lowest BCUT2D eigenvalue weighted by atomic mass is 10.1. The van der Waals surface area contributed by atoms with Crippen molar-refractivity contribution in [1.82, 2.24) is 4.98 Å². The van der Waals surface area contributed by atoms with E-state index >= 15 is 0 Å². The molecule has 0 aliphatic heterocycles. The van der Waals surface area contributed by atoms with Gasteiger partial charge in [0.05, 0.1) is 22.9 Å². The summed E-state index contributed by atoms with van der Waals surface area (Å²) in [6, 6.07) is 3.05. The van der Waals surface area contributed by atoms with Gasteiger partial charge in [0, 0.05) is 12.2 Å². The van der Waals surface area contributed by atoms with E-state index in [9.17, 15) is 8.78 Å². The van der Waals surface area contributed by atoms with Crippen molar-refractivity contribution in [3.05, 3.63) is 28.6 Å². The summed E-state index contributed by atoms with van der Waals surface area (Å²) in [5.74, 6) is 0. The Morgan fingerprint density at radius 3 is 2.71 bits per heavy atom. The maximum atomic E-state index is 12.5. The van der Waals surface area contributed by atoms with Crippen LogP contribution in [-0.4, -0.2) is 4.98 Å². The molecule has 2 N–H and O–H groups in total. The average molecular weight is 197 g/mol. The zero-order chi connectivity index (χ0) is 10.7. The van der Waals surface area contributed by atoms with Crippen molar-refractivity contribution in [2.45, 2.75) is 19.9 Å². The van der Waals surface area contributed by atoms with Gasteiger partial charge in [-0.05, 0) is 13.0 Å². The van der Waals surface area contributed by atoms with Crippen molar-refractivity contribution in [2.24, 2.45) is 5.73 Å². The Hall–Kier alpha value is -1.54. The summed E-state index contributed by atoms with van der Waals surface area (Å²) in [7, 11) is 0. The zero-order valence-electron chi connectivity index (χ0n) is 7.59. The minimum atomic E-state index is -2.71. The summed E-state index contributed by atoms with van der Waals surface area (Å²) < 4.78 is 25.1. The maximum Gasteiger partial charge on any atom is 0.266 e. The lowest BCUT2D eigenvalue weighted by molar-refractivity contribution is 0.149. The third kappa shape index (κ3) is 1.86. The summed E-state index contributed by atoms with van der Waals surface area (Å²) in [4.78, 5) is 3.87. The second-order valence-corrected chi connectivity index (χ2v) is 2.79. The fourth-order valence-electron chi connectivity index (χ4n) is 1.24. The highest BCUT2D eigenvalue weighted by Gasteiger charge is 2.18. The van der Waals surface area contributed by atoms with Crippen LogP contribution >= 0.6 is 0 Å². The lowest BCUT2D eigenvalue weighted by Gasteiger charge is -2.08. The number of alkyl halides is 2. The third-order valence-corrected chi connectivity index (χ3v) is 1.80. The molecule has 14 heavy (non-hydrogen) atoms. The van der Waals surface area contributed by atoms with Crippen LogP contribution in [0.2, 0.25) is 0 Å². The Balaban J connectivity index is 3.42. The second kappa shape index (κ2) is 4.11. The van der Waals surface area contributed by atoms with E-state index in [1.807, 2.05) is 0 Å². The number of nitrogens with zero attached hydrogens (tertiary/aromatic N) is 2. The summed E-state index contributed by atoms with van der Waals surface area (Å²) in [5.41, 5.74) is 5.49. The minimum absolute atomic E-state index is 0.0482. The monoisotopic (exact) mass is 197 g/mol. The highest BCUT2D eigenvalue weighted by molar-refractivity contribution is 5.42. The molecule has 1 rings (SSSR count). The Bertz CT molecular complexity index is 382. The van der Waals surface area contributed by atoms with E-state index in [-0.39, 0.29) is 23.4 Å². The molecule has 0 radical (unpaired) electrons. The number of nitriles is 1. The molecule has 0 spiro atoms. The molecule has 5 heteroatoms. The van der Waals surface area contributed by atoms with E-state index in [1.54, 1.807) is 13.0 Å². The van der Waals surface area contributed by atoms with Crippen LogP contribution in [0.3, 0.4) is 0 Å². The fourth-order valence-corrected chi connectivity index (χ4v) is 1.24. The predicted molar refractivity (Wildman–Crippen MR) is 46.5 cm³/mol. The topological polar surface area (TPSA) is 62.7 Å². The zero-order valence-corrected chi connectivity index (χ0v) is 7.59. The van der Waals surface area contributed by atoms with E-state index in [0.717, 1.165) is 0 Å². The first-order chi connectivity index (χ1) is 6.60. The van der Waals surface area contributed by atoms with Crippen molar-refractivity contribution in [3.63, 3.8) is 0 Å². The molecule has 74 valence electrons. The first-order valence-corrected chi connectivity index (χ1v) is 3.99. The molecular weight excluding hydrogens is 188 g/mol. The van der Waals surface area contributed by atoms with Gasteiger partial charge in [-0.25, -0.2) is 8.78 Å². The third-order valence-electron chi connectivity index (χ3n) is 1.80. The first-order valence-electron chi connectivity index (χ1n) is 3.99. The predicted octanol–water partition coefficient (Wildman–Crippen LogP) is 1.66. The average Bonchev–Trinajstić information content (AvgIpc) is 2.15. The van der Waals surface area contributed by atoms with Crippen molar-refractivity contribution >= 4 is 0 Å². The SMILES string of the molecule is Cc1cc(C#N)c(C(F)F)c(CN)n1. The van der Waals surface area contributed by atoms with Crippen LogP contribution in [-0.2, 0) is 6.54 Å². The molecule has 0 aliphatic rings. The molecule has 0 amide bonds.